The van der Waals surface area contributed by atoms with Gasteiger partial charge >= 0.3 is 0 Å². The van der Waals surface area contributed by atoms with Crippen molar-refractivity contribution in [3.05, 3.63) is 6.61 Å². The first kappa shape index (κ1) is 3.16. The van der Waals surface area contributed by atoms with Crippen LogP contribution in [0.4, 0.5) is 0 Å². The summed E-state index contributed by atoms with van der Waals surface area (Å²) in [7, 11) is 0. The van der Waals surface area contributed by atoms with E-state index in [1.165, 1.54) is 6.42 Å². The molecular weight excluding hydrogens is 66.0 g/mol. The second-order valence-electron chi connectivity index (χ2n) is 1.18. The van der Waals surface area contributed by atoms with Crippen LogP contribution in [0.3, 0.4) is 0 Å². The molecule has 0 bridgehead atoms. The smallest absolute Gasteiger partial charge is 0.0837 e. The molecule has 1 rings (SSSR count). The van der Waals surface area contributed by atoms with Crippen LogP contribution in [-0.4, -0.2) is 6.61 Å². The molecule has 1 radical (unpaired) electrons. The van der Waals surface area contributed by atoms with Crippen molar-refractivity contribution in [1.82, 2.24) is 0 Å². The Bertz CT molecular complexity index is 15.2. The molecule has 1 heterocycles. The third-order valence-electron chi connectivity index (χ3n) is 0.702. The van der Waals surface area contributed by atoms with E-state index in [2.05, 4.69) is 0 Å². The summed E-state index contributed by atoms with van der Waals surface area (Å²) in [5.74, 6) is 0. The molecule has 0 spiro atoms. The van der Waals surface area contributed by atoms with Crippen molar-refractivity contribution in [2.24, 2.45) is 0 Å². The first-order valence-electron chi connectivity index (χ1n) is 1.93. The molecule has 0 unspecified atom stereocenters. The van der Waals surface area contributed by atoms with Gasteiger partial charge in [-0.15, -0.1) is 0 Å². The highest BCUT2D eigenvalue weighted by Gasteiger charge is 1.95. The fourth-order valence-electron chi connectivity index (χ4n) is 0.417. The van der Waals surface area contributed by atoms with Crippen molar-refractivity contribution in [2.75, 3.05) is 6.61 Å². The fraction of sp³-hybridized carbons (Fsp3) is 0.750. The predicted octanol–water partition coefficient (Wildman–Crippen LogP) is 0.959. The molecule has 1 saturated heterocycles. The van der Waals surface area contributed by atoms with Gasteiger partial charge in [-0.05, 0) is 12.8 Å². The molecular formula is C4H7O. The Labute approximate surface area is 31.9 Å². The zero-order valence-corrected chi connectivity index (χ0v) is 3.11. The first-order chi connectivity index (χ1) is 2.50. The Balaban J connectivity index is 2.08. The van der Waals surface area contributed by atoms with E-state index in [9.17, 15) is 0 Å². The van der Waals surface area contributed by atoms with Crippen molar-refractivity contribution in [1.29, 1.82) is 0 Å². The van der Waals surface area contributed by atoms with E-state index < -0.39 is 0 Å². The van der Waals surface area contributed by atoms with Crippen LogP contribution in [0.5, 0.6) is 0 Å². The van der Waals surface area contributed by atoms with Gasteiger partial charge in [0.05, 0.1) is 6.61 Å². The zero-order valence-electron chi connectivity index (χ0n) is 3.11. The minimum Gasteiger partial charge on any atom is -0.376 e. The summed E-state index contributed by atoms with van der Waals surface area (Å²) in [5, 5.41) is 0. The van der Waals surface area contributed by atoms with Gasteiger partial charge in [-0.2, -0.15) is 0 Å². The second kappa shape index (κ2) is 1.41. The minimum absolute atomic E-state index is 0.944. The highest BCUT2D eigenvalue weighted by atomic mass is 16.6. The molecule has 0 aromatic carbocycles. The maximum absolute atomic E-state index is 4.82. The van der Waals surface area contributed by atoms with E-state index in [1.807, 2.05) is 6.61 Å². The molecule has 1 fully saturated rings. The van der Waals surface area contributed by atoms with Gasteiger partial charge in [0.25, 0.3) is 0 Å². The van der Waals surface area contributed by atoms with Gasteiger partial charge in [0.1, 0.15) is 0 Å². The molecule has 1 heteroatoms. The molecule has 0 saturated carbocycles. The minimum atomic E-state index is 0.944. The van der Waals surface area contributed by atoms with E-state index >= 15 is 0 Å². The van der Waals surface area contributed by atoms with E-state index in [0.29, 0.717) is 0 Å². The normalized spacial score (nSPS) is 24.0. The highest BCUT2D eigenvalue weighted by molar-refractivity contribution is 4.57. The van der Waals surface area contributed by atoms with Crippen LogP contribution in [0.2, 0.25) is 0 Å². The lowest BCUT2D eigenvalue weighted by Gasteiger charge is -1.75. The van der Waals surface area contributed by atoms with Crippen LogP contribution in [-0.2, 0) is 4.74 Å². The molecule has 0 aromatic rings. The van der Waals surface area contributed by atoms with Gasteiger partial charge in [-0.3, -0.25) is 0 Å². The summed E-state index contributed by atoms with van der Waals surface area (Å²) in [6.07, 6.45) is 2.38. The second-order valence-corrected chi connectivity index (χ2v) is 1.18. The maximum Gasteiger partial charge on any atom is 0.0837 e. The summed E-state index contributed by atoms with van der Waals surface area (Å²) < 4.78 is 4.82. The molecule has 0 N–H and O–H groups in total. The Morgan fingerprint density at radius 1 is 1.60 bits per heavy atom. The summed E-state index contributed by atoms with van der Waals surface area (Å²) >= 11 is 0. The SMILES string of the molecule is C1C[14CH]OC1. The molecule has 1 aliphatic rings. The maximum atomic E-state index is 4.82. The molecule has 5 heavy (non-hydrogen) atoms. The summed E-state index contributed by atoms with van der Waals surface area (Å²) in [5.41, 5.74) is 0. The summed E-state index contributed by atoms with van der Waals surface area (Å²) in [4.78, 5) is 0. The molecule has 0 aromatic heterocycles. The molecule has 29 valence electrons. The van der Waals surface area contributed by atoms with Gasteiger partial charge in [0.2, 0.25) is 0 Å². The molecule has 0 atom stereocenters. The van der Waals surface area contributed by atoms with E-state index in [0.717, 1.165) is 13.0 Å². The lowest BCUT2D eigenvalue weighted by Crippen LogP contribution is -1.69. The number of hydrogen-bond donors (Lipinski definition) is 0. The first-order valence-corrected chi connectivity index (χ1v) is 1.93. The molecule has 0 aliphatic carbocycles. The fourth-order valence-corrected chi connectivity index (χ4v) is 0.417. The average Bonchev–Trinajstić information content (AvgIpc) is 1.76. The van der Waals surface area contributed by atoms with Crippen LogP contribution < -0.4 is 0 Å². The molecule has 0 amide bonds. The highest BCUT2D eigenvalue weighted by Crippen LogP contribution is 2.03. The third-order valence-corrected chi connectivity index (χ3v) is 0.702. The van der Waals surface area contributed by atoms with Crippen LogP contribution in [0.1, 0.15) is 12.8 Å². The summed E-state index contributed by atoms with van der Waals surface area (Å²) in [6.45, 7) is 2.81. The van der Waals surface area contributed by atoms with Gasteiger partial charge < -0.3 is 4.74 Å². The molecule has 1 nitrogen and oxygen atoms in total. The largest absolute Gasteiger partial charge is 0.376 e. The quantitative estimate of drug-likeness (QED) is 0.415. The molecule has 1 aliphatic heterocycles. The Morgan fingerprint density at radius 2 is 2.60 bits per heavy atom. The summed E-state index contributed by atoms with van der Waals surface area (Å²) in [6, 6.07) is 0. The van der Waals surface area contributed by atoms with Crippen molar-refractivity contribution in [2.45, 2.75) is 12.8 Å². The van der Waals surface area contributed by atoms with Gasteiger partial charge in [-0.1, -0.05) is 0 Å². The Morgan fingerprint density at radius 3 is 2.80 bits per heavy atom. The standard InChI is InChI=1S/C4H7O/c1-2-4-5-3-1/h3H,1-2,4H2/i3+2. The van der Waals surface area contributed by atoms with Gasteiger partial charge in [0, 0.05) is 6.61 Å². The number of rotatable bonds is 0. The van der Waals surface area contributed by atoms with Crippen molar-refractivity contribution in [3.8, 4) is 0 Å². The topological polar surface area (TPSA) is 9.23 Å². The van der Waals surface area contributed by atoms with Crippen LogP contribution in [0, 0.1) is 6.61 Å². The third kappa shape index (κ3) is 0.618. The van der Waals surface area contributed by atoms with Crippen molar-refractivity contribution in [3.63, 3.8) is 0 Å². The number of ether oxygens (including phenoxy) is 1. The van der Waals surface area contributed by atoms with Crippen LogP contribution >= 0.6 is 0 Å². The Kier molecular flexibility index (Phi) is 0.892. The predicted molar refractivity (Wildman–Crippen MR) is 19.5 cm³/mol. The lowest BCUT2D eigenvalue weighted by atomic mass is 10.5. The van der Waals surface area contributed by atoms with E-state index in [4.69, 9.17) is 4.74 Å². The monoisotopic (exact) mass is 73.1 g/mol. The van der Waals surface area contributed by atoms with E-state index in [1.54, 1.807) is 0 Å². The van der Waals surface area contributed by atoms with Crippen LogP contribution in [0.15, 0.2) is 0 Å². The van der Waals surface area contributed by atoms with Gasteiger partial charge in [0.15, 0.2) is 0 Å². The van der Waals surface area contributed by atoms with Crippen molar-refractivity contribution < 1.29 is 4.74 Å². The van der Waals surface area contributed by atoms with Crippen molar-refractivity contribution >= 4 is 0 Å². The average molecular weight is 73.1 g/mol. The van der Waals surface area contributed by atoms with Crippen LogP contribution in [0.25, 0.3) is 0 Å². The number of hydrogen-bond acceptors (Lipinski definition) is 1. The lowest BCUT2D eigenvalue weighted by molar-refractivity contribution is 0.254. The zero-order chi connectivity index (χ0) is 3.54. The van der Waals surface area contributed by atoms with E-state index in [-0.39, 0.29) is 0 Å². The van der Waals surface area contributed by atoms with Gasteiger partial charge in [-0.25, -0.2) is 0 Å². The Hall–Kier alpha value is -0.0400.